The fourth-order valence-corrected chi connectivity index (χ4v) is 1.68. The molecular formula is C13H8F4N2S. The maximum Gasteiger partial charge on any atom is 0.194 e. The van der Waals surface area contributed by atoms with E-state index in [0.29, 0.717) is 5.56 Å². The van der Waals surface area contributed by atoms with Crippen molar-refractivity contribution in [2.75, 3.05) is 5.32 Å². The van der Waals surface area contributed by atoms with E-state index in [1.165, 1.54) is 12.1 Å². The highest BCUT2D eigenvalue weighted by molar-refractivity contribution is 7.80. The van der Waals surface area contributed by atoms with Crippen LogP contribution in [0.3, 0.4) is 0 Å². The molecule has 0 unspecified atom stereocenters. The first-order valence-corrected chi connectivity index (χ1v) is 5.80. The monoisotopic (exact) mass is 300 g/mol. The highest BCUT2D eigenvalue weighted by atomic mass is 32.1. The zero-order chi connectivity index (χ0) is 14.9. The summed E-state index contributed by atoms with van der Waals surface area (Å²) >= 11 is 4.69. The first-order chi connectivity index (χ1) is 9.38. The van der Waals surface area contributed by atoms with Crippen LogP contribution >= 0.6 is 12.2 Å². The predicted molar refractivity (Wildman–Crippen MR) is 71.9 cm³/mol. The SMILES string of the molecule is NC(=S)c1ccc(Nc2cc(F)c(F)c(F)c2)c(F)c1. The minimum absolute atomic E-state index is 0.0225. The van der Waals surface area contributed by atoms with Crippen LogP contribution in [0.4, 0.5) is 28.9 Å². The molecular weight excluding hydrogens is 292 g/mol. The van der Waals surface area contributed by atoms with Gasteiger partial charge in [-0.25, -0.2) is 17.6 Å². The molecule has 0 bridgehead atoms. The number of hydrogen-bond acceptors (Lipinski definition) is 2. The summed E-state index contributed by atoms with van der Waals surface area (Å²) in [5, 5.41) is 2.44. The van der Waals surface area contributed by atoms with E-state index in [1.807, 2.05) is 0 Å². The van der Waals surface area contributed by atoms with Gasteiger partial charge in [0.15, 0.2) is 17.5 Å². The summed E-state index contributed by atoms with van der Waals surface area (Å²) in [6.45, 7) is 0. The van der Waals surface area contributed by atoms with Crippen LogP contribution in [-0.4, -0.2) is 4.99 Å². The van der Waals surface area contributed by atoms with Crippen molar-refractivity contribution in [3.05, 3.63) is 59.2 Å². The summed E-state index contributed by atoms with van der Waals surface area (Å²) in [7, 11) is 0. The summed E-state index contributed by atoms with van der Waals surface area (Å²) in [4.78, 5) is 0.0225. The summed E-state index contributed by atoms with van der Waals surface area (Å²) in [6.07, 6.45) is 0. The number of hydrogen-bond donors (Lipinski definition) is 2. The Morgan fingerprint density at radius 2 is 1.55 bits per heavy atom. The van der Waals surface area contributed by atoms with Crippen molar-refractivity contribution in [2.24, 2.45) is 5.73 Å². The van der Waals surface area contributed by atoms with Crippen LogP contribution in [-0.2, 0) is 0 Å². The standard InChI is InChI=1S/C13H8F4N2S/c14-8-3-6(13(18)20)1-2-11(8)19-7-4-9(15)12(17)10(16)5-7/h1-5,19H,(H2,18,20). The third-order valence-corrected chi connectivity index (χ3v) is 2.75. The van der Waals surface area contributed by atoms with Crippen molar-refractivity contribution in [3.8, 4) is 0 Å². The summed E-state index contributed by atoms with van der Waals surface area (Å²) in [5.74, 6) is -5.03. The minimum atomic E-state index is -1.58. The zero-order valence-corrected chi connectivity index (χ0v) is 10.7. The molecule has 0 aliphatic heterocycles. The Labute approximate surface area is 117 Å². The second-order valence-corrected chi connectivity index (χ2v) is 4.38. The van der Waals surface area contributed by atoms with Gasteiger partial charge in [-0.3, -0.25) is 0 Å². The average molecular weight is 300 g/mol. The largest absolute Gasteiger partial charge is 0.389 e. The number of nitrogens with one attached hydrogen (secondary N) is 1. The minimum Gasteiger partial charge on any atom is -0.389 e. The van der Waals surface area contributed by atoms with Crippen LogP contribution in [0.25, 0.3) is 0 Å². The lowest BCUT2D eigenvalue weighted by atomic mass is 10.2. The first-order valence-electron chi connectivity index (χ1n) is 5.39. The van der Waals surface area contributed by atoms with Gasteiger partial charge in [0, 0.05) is 23.4 Å². The maximum atomic E-state index is 13.7. The molecule has 0 amide bonds. The summed E-state index contributed by atoms with van der Waals surface area (Å²) < 4.78 is 52.6. The van der Waals surface area contributed by atoms with Crippen LogP contribution in [0.1, 0.15) is 5.56 Å². The van der Waals surface area contributed by atoms with E-state index < -0.39 is 23.3 Å². The second kappa shape index (κ2) is 5.46. The Kier molecular flexibility index (Phi) is 3.89. The van der Waals surface area contributed by atoms with E-state index in [9.17, 15) is 17.6 Å². The lowest BCUT2D eigenvalue weighted by Gasteiger charge is -2.09. The normalized spacial score (nSPS) is 10.4. The molecule has 0 atom stereocenters. The number of anilines is 2. The van der Waals surface area contributed by atoms with E-state index in [2.05, 4.69) is 5.32 Å². The molecule has 20 heavy (non-hydrogen) atoms. The molecule has 2 rings (SSSR count). The van der Waals surface area contributed by atoms with E-state index >= 15 is 0 Å². The molecule has 2 nitrogen and oxygen atoms in total. The van der Waals surface area contributed by atoms with Crippen molar-refractivity contribution >= 4 is 28.6 Å². The molecule has 7 heteroatoms. The molecule has 0 saturated heterocycles. The molecule has 0 spiro atoms. The third-order valence-electron chi connectivity index (χ3n) is 2.52. The number of rotatable bonds is 3. The van der Waals surface area contributed by atoms with Crippen LogP contribution < -0.4 is 11.1 Å². The van der Waals surface area contributed by atoms with Gasteiger partial charge in [0.2, 0.25) is 0 Å². The Morgan fingerprint density at radius 1 is 0.950 bits per heavy atom. The predicted octanol–water partition coefficient (Wildman–Crippen LogP) is 3.62. The molecule has 0 aromatic heterocycles. The lowest BCUT2D eigenvalue weighted by molar-refractivity contribution is 0.448. The fraction of sp³-hybridized carbons (Fsp3) is 0. The first kappa shape index (κ1) is 14.3. The van der Waals surface area contributed by atoms with E-state index in [-0.39, 0.29) is 16.4 Å². The average Bonchev–Trinajstić information content (AvgIpc) is 2.38. The Balaban J connectivity index is 2.33. The van der Waals surface area contributed by atoms with Crippen LogP contribution in [0, 0.1) is 23.3 Å². The Hall–Kier alpha value is -2.15. The molecule has 0 heterocycles. The maximum absolute atomic E-state index is 13.7. The highest BCUT2D eigenvalue weighted by Crippen LogP contribution is 2.24. The molecule has 2 aromatic carbocycles. The molecule has 0 saturated carbocycles. The van der Waals surface area contributed by atoms with Crippen molar-refractivity contribution in [1.29, 1.82) is 0 Å². The van der Waals surface area contributed by atoms with Gasteiger partial charge >= 0.3 is 0 Å². The van der Waals surface area contributed by atoms with Crippen molar-refractivity contribution in [2.45, 2.75) is 0 Å². The van der Waals surface area contributed by atoms with Gasteiger partial charge in [-0.15, -0.1) is 0 Å². The number of benzene rings is 2. The van der Waals surface area contributed by atoms with Gasteiger partial charge in [0.25, 0.3) is 0 Å². The quantitative estimate of drug-likeness (QED) is 0.516. The molecule has 3 N–H and O–H groups in total. The molecule has 0 aliphatic rings. The lowest BCUT2D eigenvalue weighted by Crippen LogP contribution is -2.10. The van der Waals surface area contributed by atoms with Crippen LogP contribution in [0.2, 0.25) is 0 Å². The fourth-order valence-electron chi connectivity index (χ4n) is 1.55. The summed E-state index contributed by atoms with van der Waals surface area (Å²) in [5.41, 5.74) is 5.50. The van der Waals surface area contributed by atoms with E-state index in [4.69, 9.17) is 18.0 Å². The summed E-state index contributed by atoms with van der Waals surface area (Å²) in [6, 6.07) is 5.28. The van der Waals surface area contributed by atoms with Crippen LogP contribution in [0.15, 0.2) is 30.3 Å². The second-order valence-electron chi connectivity index (χ2n) is 3.94. The van der Waals surface area contributed by atoms with Crippen molar-refractivity contribution < 1.29 is 17.6 Å². The van der Waals surface area contributed by atoms with Crippen LogP contribution in [0.5, 0.6) is 0 Å². The topological polar surface area (TPSA) is 38.0 Å². The van der Waals surface area contributed by atoms with Crippen molar-refractivity contribution in [1.82, 2.24) is 0 Å². The number of thiocarbonyl (C=S) groups is 1. The Bertz CT molecular complexity index is 665. The van der Waals surface area contributed by atoms with Crippen molar-refractivity contribution in [3.63, 3.8) is 0 Å². The van der Waals surface area contributed by atoms with E-state index in [0.717, 1.165) is 18.2 Å². The third kappa shape index (κ3) is 2.88. The number of nitrogens with two attached hydrogens (primary N) is 1. The van der Waals surface area contributed by atoms with Gasteiger partial charge in [-0.2, -0.15) is 0 Å². The zero-order valence-electron chi connectivity index (χ0n) is 9.88. The van der Waals surface area contributed by atoms with Gasteiger partial charge in [0.1, 0.15) is 10.8 Å². The molecule has 2 aromatic rings. The Morgan fingerprint density at radius 3 is 2.05 bits per heavy atom. The molecule has 0 aliphatic carbocycles. The van der Waals surface area contributed by atoms with Gasteiger partial charge in [-0.05, 0) is 18.2 Å². The smallest absolute Gasteiger partial charge is 0.194 e. The van der Waals surface area contributed by atoms with Gasteiger partial charge in [-0.1, -0.05) is 12.2 Å². The highest BCUT2D eigenvalue weighted by Gasteiger charge is 2.12. The molecule has 0 fully saturated rings. The van der Waals surface area contributed by atoms with E-state index in [1.54, 1.807) is 0 Å². The molecule has 0 radical (unpaired) electrons. The number of halogens is 4. The molecule has 104 valence electrons. The van der Waals surface area contributed by atoms with Gasteiger partial charge < -0.3 is 11.1 Å². The van der Waals surface area contributed by atoms with Gasteiger partial charge in [0.05, 0.1) is 5.69 Å².